The van der Waals surface area contributed by atoms with E-state index >= 15 is 0 Å². The van der Waals surface area contributed by atoms with Gasteiger partial charge in [-0.15, -0.1) is 11.3 Å². The highest BCUT2D eigenvalue weighted by Gasteiger charge is 2.22. The third-order valence-electron chi connectivity index (χ3n) is 3.12. The summed E-state index contributed by atoms with van der Waals surface area (Å²) in [6.07, 6.45) is 1.58. The van der Waals surface area contributed by atoms with Crippen molar-refractivity contribution in [3.8, 4) is 0 Å². The van der Waals surface area contributed by atoms with Crippen LogP contribution in [-0.4, -0.2) is 57.3 Å². The van der Waals surface area contributed by atoms with Gasteiger partial charge in [0.25, 0.3) is 10.2 Å². The Morgan fingerprint density at radius 2 is 1.95 bits per heavy atom. The van der Waals surface area contributed by atoms with Crippen LogP contribution in [0.15, 0.2) is 17.5 Å². The van der Waals surface area contributed by atoms with E-state index in [1.54, 1.807) is 25.4 Å². The average molecular weight is 319 g/mol. The molecule has 0 atom stereocenters. The van der Waals surface area contributed by atoms with Gasteiger partial charge in [0, 0.05) is 32.1 Å². The van der Waals surface area contributed by atoms with E-state index in [2.05, 4.69) is 5.32 Å². The van der Waals surface area contributed by atoms with Crippen molar-refractivity contribution in [3.05, 3.63) is 22.4 Å². The van der Waals surface area contributed by atoms with Gasteiger partial charge in [-0.05, 0) is 37.4 Å². The Hall–Kier alpha value is -0.470. The van der Waals surface area contributed by atoms with Gasteiger partial charge >= 0.3 is 0 Å². The van der Waals surface area contributed by atoms with E-state index in [0.29, 0.717) is 13.1 Å². The minimum atomic E-state index is -3.34. The van der Waals surface area contributed by atoms with Crippen molar-refractivity contribution < 1.29 is 8.42 Å². The smallest absolute Gasteiger partial charge is 0.281 e. The zero-order chi connectivity index (χ0) is 15.0. The van der Waals surface area contributed by atoms with Crippen molar-refractivity contribution in [1.82, 2.24) is 13.9 Å². The standard InChI is InChI=1S/C13H25N3O2S2/c1-4-14-9-6-10-15(2)20(17,18)16(3)11-8-13-7-5-12-19-13/h5,7,12,14H,4,6,8-11H2,1-3H3. The molecule has 1 aromatic rings. The van der Waals surface area contributed by atoms with Crippen molar-refractivity contribution in [1.29, 1.82) is 0 Å². The quantitative estimate of drug-likeness (QED) is 0.663. The number of hydrogen-bond donors (Lipinski definition) is 1. The molecule has 0 aliphatic carbocycles. The highest BCUT2D eigenvalue weighted by atomic mass is 32.2. The second-order valence-electron chi connectivity index (χ2n) is 4.69. The molecule has 20 heavy (non-hydrogen) atoms. The van der Waals surface area contributed by atoms with Crippen LogP contribution in [0.1, 0.15) is 18.2 Å². The predicted molar refractivity (Wildman–Crippen MR) is 85.4 cm³/mol. The van der Waals surface area contributed by atoms with Gasteiger partial charge in [0.1, 0.15) is 0 Å². The maximum Gasteiger partial charge on any atom is 0.281 e. The van der Waals surface area contributed by atoms with E-state index in [1.807, 2.05) is 24.4 Å². The molecule has 0 spiro atoms. The SMILES string of the molecule is CCNCCCN(C)S(=O)(=O)N(C)CCc1cccs1. The number of likely N-dealkylation sites (N-methyl/N-ethyl adjacent to an activating group) is 1. The molecule has 0 amide bonds. The molecule has 1 N–H and O–H groups in total. The molecule has 7 heteroatoms. The highest BCUT2D eigenvalue weighted by Crippen LogP contribution is 2.11. The van der Waals surface area contributed by atoms with Gasteiger partial charge in [0.05, 0.1) is 0 Å². The van der Waals surface area contributed by atoms with E-state index in [4.69, 9.17) is 0 Å². The first-order valence-corrected chi connectivity index (χ1v) is 9.16. The minimum Gasteiger partial charge on any atom is -0.317 e. The number of nitrogens with one attached hydrogen (secondary N) is 1. The topological polar surface area (TPSA) is 52.7 Å². The Bertz CT molecular complexity index is 460. The molecule has 0 aliphatic rings. The Labute approximate surface area is 126 Å². The lowest BCUT2D eigenvalue weighted by atomic mass is 10.3. The fraction of sp³-hybridized carbons (Fsp3) is 0.692. The molecule has 0 radical (unpaired) electrons. The molecule has 1 rings (SSSR count). The van der Waals surface area contributed by atoms with Gasteiger partial charge < -0.3 is 5.32 Å². The van der Waals surface area contributed by atoms with Crippen LogP contribution in [0.4, 0.5) is 0 Å². The lowest BCUT2D eigenvalue weighted by molar-refractivity contribution is 0.389. The van der Waals surface area contributed by atoms with Crippen LogP contribution in [0.5, 0.6) is 0 Å². The molecule has 0 aromatic carbocycles. The van der Waals surface area contributed by atoms with Crippen molar-refractivity contribution in [2.24, 2.45) is 0 Å². The largest absolute Gasteiger partial charge is 0.317 e. The average Bonchev–Trinajstić information content (AvgIpc) is 2.93. The molecule has 0 bridgehead atoms. The number of hydrogen-bond acceptors (Lipinski definition) is 4. The van der Waals surface area contributed by atoms with Crippen molar-refractivity contribution in [2.45, 2.75) is 19.8 Å². The molecule has 1 aromatic heterocycles. The Morgan fingerprint density at radius 1 is 1.25 bits per heavy atom. The summed E-state index contributed by atoms with van der Waals surface area (Å²) in [7, 11) is -0.0515. The van der Waals surface area contributed by atoms with Crippen LogP contribution in [0.2, 0.25) is 0 Å². The molecule has 0 unspecified atom stereocenters. The predicted octanol–water partition coefficient (Wildman–Crippen LogP) is 1.40. The van der Waals surface area contributed by atoms with Crippen LogP contribution in [0, 0.1) is 0 Å². The minimum absolute atomic E-state index is 0.514. The van der Waals surface area contributed by atoms with Crippen LogP contribution >= 0.6 is 11.3 Å². The van der Waals surface area contributed by atoms with Crippen molar-refractivity contribution in [2.75, 3.05) is 40.3 Å². The summed E-state index contributed by atoms with van der Waals surface area (Å²) in [6, 6.07) is 4.02. The summed E-state index contributed by atoms with van der Waals surface area (Å²) in [5.74, 6) is 0. The van der Waals surface area contributed by atoms with Gasteiger partial charge in [-0.1, -0.05) is 13.0 Å². The summed E-state index contributed by atoms with van der Waals surface area (Å²) in [5.41, 5.74) is 0. The second kappa shape index (κ2) is 8.74. The molecule has 0 saturated heterocycles. The molecule has 5 nitrogen and oxygen atoms in total. The third-order valence-corrected chi connectivity index (χ3v) is 5.99. The van der Waals surface area contributed by atoms with E-state index < -0.39 is 10.2 Å². The second-order valence-corrected chi connectivity index (χ2v) is 7.86. The van der Waals surface area contributed by atoms with E-state index in [0.717, 1.165) is 25.9 Å². The first-order chi connectivity index (χ1) is 9.48. The summed E-state index contributed by atoms with van der Waals surface area (Å²) >= 11 is 1.66. The van der Waals surface area contributed by atoms with Gasteiger partial charge in [-0.3, -0.25) is 0 Å². The first-order valence-electron chi connectivity index (χ1n) is 6.89. The van der Waals surface area contributed by atoms with Crippen molar-refractivity contribution >= 4 is 21.5 Å². The Morgan fingerprint density at radius 3 is 2.55 bits per heavy atom. The van der Waals surface area contributed by atoms with Crippen LogP contribution in [0.3, 0.4) is 0 Å². The molecule has 0 fully saturated rings. The lowest BCUT2D eigenvalue weighted by Crippen LogP contribution is -2.41. The normalized spacial score (nSPS) is 12.4. The fourth-order valence-corrected chi connectivity index (χ4v) is 3.65. The summed E-state index contributed by atoms with van der Waals surface area (Å²) < 4.78 is 27.4. The zero-order valence-electron chi connectivity index (χ0n) is 12.5. The van der Waals surface area contributed by atoms with Gasteiger partial charge in [-0.2, -0.15) is 17.0 Å². The summed E-state index contributed by atoms with van der Waals surface area (Å²) in [4.78, 5) is 1.21. The van der Waals surface area contributed by atoms with Gasteiger partial charge in [0.2, 0.25) is 0 Å². The third kappa shape index (κ3) is 5.49. The summed E-state index contributed by atoms with van der Waals surface area (Å²) in [5, 5.41) is 5.20. The molecular formula is C13H25N3O2S2. The molecular weight excluding hydrogens is 294 g/mol. The number of thiophene rings is 1. The van der Waals surface area contributed by atoms with Crippen molar-refractivity contribution in [3.63, 3.8) is 0 Å². The molecule has 116 valence electrons. The van der Waals surface area contributed by atoms with Crippen LogP contribution in [-0.2, 0) is 16.6 Å². The molecule has 0 saturated carbocycles. The maximum atomic E-state index is 12.3. The molecule has 1 heterocycles. The van der Waals surface area contributed by atoms with E-state index in [9.17, 15) is 8.42 Å². The van der Waals surface area contributed by atoms with E-state index in [-0.39, 0.29) is 0 Å². The van der Waals surface area contributed by atoms with Crippen LogP contribution < -0.4 is 5.32 Å². The maximum absolute atomic E-state index is 12.3. The fourth-order valence-electron chi connectivity index (χ4n) is 1.79. The zero-order valence-corrected chi connectivity index (χ0v) is 14.1. The van der Waals surface area contributed by atoms with Crippen LogP contribution in [0.25, 0.3) is 0 Å². The van der Waals surface area contributed by atoms with Gasteiger partial charge in [-0.25, -0.2) is 0 Å². The van der Waals surface area contributed by atoms with E-state index in [1.165, 1.54) is 13.5 Å². The monoisotopic (exact) mass is 319 g/mol. The lowest BCUT2D eigenvalue weighted by Gasteiger charge is -2.24. The Balaban J connectivity index is 2.40. The number of rotatable bonds is 10. The highest BCUT2D eigenvalue weighted by molar-refractivity contribution is 7.86. The van der Waals surface area contributed by atoms with Gasteiger partial charge in [0.15, 0.2) is 0 Å². The summed E-state index contributed by atoms with van der Waals surface area (Å²) in [6.45, 7) is 4.85. The Kier molecular flexibility index (Phi) is 7.68. The number of nitrogens with zero attached hydrogens (tertiary/aromatic N) is 2. The first kappa shape index (κ1) is 17.6. The molecule has 0 aliphatic heterocycles.